The number of carbonyl (C=O) groups is 1. The smallest absolute Gasteiger partial charge is 0.317 e. The Morgan fingerprint density at radius 3 is 2.92 bits per heavy atom. The minimum Gasteiger partial charge on any atom is -0.336 e. The molecule has 4 heteroatoms. The molecule has 0 aromatic rings. The molecule has 0 aliphatic carbocycles. The Bertz CT molecular complexity index is 226. The predicted octanol–water partition coefficient (Wildman–Crippen LogP) is 2.09. The Morgan fingerprint density at radius 1 is 1.69 bits per heavy atom. The highest BCUT2D eigenvalue weighted by atomic mass is 79.9. The molecule has 0 unspecified atom stereocenters. The molecule has 0 saturated carbocycles. The first-order valence-electron chi connectivity index (χ1n) is 4.49. The summed E-state index contributed by atoms with van der Waals surface area (Å²) in [5.74, 6) is 0. The third-order valence-corrected chi connectivity index (χ3v) is 2.38. The fourth-order valence-corrected chi connectivity index (χ4v) is 1.75. The maximum absolute atomic E-state index is 11.5. The minimum absolute atomic E-state index is 0.0278. The molecule has 1 aliphatic heterocycles. The van der Waals surface area contributed by atoms with E-state index >= 15 is 0 Å². The fourth-order valence-electron chi connectivity index (χ4n) is 1.21. The summed E-state index contributed by atoms with van der Waals surface area (Å²) in [5.41, 5.74) is 0. The van der Waals surface area contributed by atoms with Crippen LogP contribution < -0.4 is 5.32 Å². The van der Waals surface area contributed by atoms with E-state index in [2.05, 4.69) is 27.3 Å². The van der Waals surface area contributed by atoms with Crippen LogP contribution in [0, 0.1) is 0 Å². The van der Waals surface area contributed by atoms with Crippen LogP contribution in [0.1, 0.15) is 20.3 Å². The SMILES string of the molecule is CC(C)NC(=O)N1CCC=C(Br)C1. The zero-order valence-electron chi connectivity index (χ0n) is 8.01. The molecule has 3 nitrogen and oxygen atoms in total. The van der Waals surface area contributed by atoms with Gasteiger partial charge in [-0.3, -0.25) is 0 Å². The van der Waals surface area contributed by atoms with Crippen LogP contribution in [0.4, 0.5) is 4.79 Å². The second-order valence-corrected chi connectivity index (χ2v) is 4.48. The van der Waals surface area contributed by atoms with Crippen molar-refractivity contribution in [3.05, 3.63) is 10.6 Å². The molecule has 1 rings (SSSR count). The number of amides is 2. The molecule has 2 amide bonds. The summed E-state index contributed by atoms with van der Waals surface area (Å²) in [5, 5.41) is 2.87. The third kappa shape index (κ3) is 3.38. The molecular weight excluding hydrogens is 232 g/mol. The summed E-state index contributed by atoms with van der Waals surface area (Å²) in [6, 6.07) is 0.234. The first-order valence-corrected chi connectivity index (χ1v) is 5.29. The number of carbonyl (C=O) groups excluding carboxylic acids is 1. The van der Waals surface area contributed by atoms with E-state index in [0.717, 1.165) is 17.4 Å². The highest BCUT2D eigenvalue weighted by Gasteiger charge is 2.16. The second kappa shape index (κ2) is 4.65. The molecule has 0 radical (unpaired) electrons. The Labute approximate surface area is 87.3 Å². The van der Waals surface area contributed by atoms with Gasteiger partial charge in [-0.2, -0.15) is 0 Å². The molecule has 0 aromatic heterocycles. The van der Waals surface area contributed by atoms with Gasteiger partial charge < -0.3 is 10.2 Å². The maximum atomic E-state index is 11.5. The Hall–Kier alpha value is -0.510. The fraction of sp³-hybridized carbons (Fsp3) is 0.667. The van der Waals surface area contributed by atoms with Crippen molar-refractivity contribution < 1.29 is 4.79 Å². The molecule has 0 spiro atoms. The molecule has 74 valence electrons. The number of nitrogens with zero attached hydrogens (tertiary/aromatic N) is 1. The standard InChI is InChI=1S/C9H15BrN2O/c1-7(2)11-9(13)12-5-3-4-8(10)6-12/h4,7H,3,5-6H2,1-2H3,(H,11,13). The van der Waals surface area contributed by atoms with E-state index in [1.165, 1.54) is 0 Å². The van der Waals surface area contributed by atoms with Crippen LogP contribution in [0.25, 0.3) is 0 Å². The monoisotopic (exact) mass is 246 g/mol. The average molecular weight is 247 g/mol. The van der Waals surface area contributed by atoms with Gasteiger partial charge in [0.05, 0.1) is 6.54 Å². The van der Waals surface area contributed by atoms with Gasteiger partial charge in [0, 0.05) is 17.1 Å². The van der Waals surface area contributed by atoms with Gasteiger partial charge in [-0.25, -0.2) is 4.79 Å². The molecular formula is C9H15BrN2O. The van der Waals surface area contributed by atoms with Crippen LogP contribution in [-0.2, 0) is 0 Å². The summed E-state index contributed by atoms with van der Waals surface area (Å²) in [7, 11) is 0. The van der Waals surface area contributed by atoms with Crippen LogP contribution in [0.2, 0.25) is 0 Å². The summed E-state index contributed by atoms with van der Waals surface area (Å²) in [4.78, 5) is 13.3. The number of nitrogens with one attached hydrogen (secondary N) is 1. The predicted molar refractivity (Wildman–Crippen MR) is 56.9 cm³/mol. The lowest BCUT2D eigenvalue weighted by atomic mass is 10.2. The highest BCUT2D eigenvalue weighted by molar-refractivity contribution is 9.11. The van der Waals surface area contributed by atoms with E-state index in [9.17, 15) is 4.79 Å². The summed E-state index contributed by atoms with van der Waals surface area (Å²) in [6.45, 7) is 5.44. The van der Waals surface area contributed by atoms with Crippen molar-refractivity contribution in [1.82, 2.24) is 10.2 Å². The normalized spacial score (nSPS) is 17.2. The Balaban J connectivity index is 2.44. The molecule has 13 heavy (non-hydrogen) atoms. The van der Waals surface area contributed by atoms with Gasteiger partial charge in [0.2, 0.25) is 0 Å². The van der Waals surface area contributed by atoms with Gasteiger partial charge in [-0.15, -0.1) is 0 Å². The first-order chi connectivity index (χ1) is 6.09. The summed E-state index contributed by atoms with van der Waals surface area (Å²) in [6.07, 6.45) is 3.05. The van der Waals surface area contributed by atoms with Gasteiger partial charge in [0.1, 0.15) is 0 Å². The average Bonchev–Trinajstić information content (AvgIpc) is 2.03. The van der Waals surface area contributed by atoms with E-state index in [1.54, 1.807) is 0 Å². The maximum Gasteiger partial charge on any atom is 0.317 e. The lowest BCUT2D eigenvalue weighted by molar-refractivity contribution is 0.199. The van der Waals surface area contributed by atoms with Crippen molar-refractivity contribution in [2.24, 2.45) is 0 Å². The van der Waals surface area contributed by atoms with Crippen LogP contribution in [0.5, 0.6) is 0 Å². The van der Waals surface area contributed by atoms with E-state index in [4.69, 9.17) is 0 Å². The molecule has 0 bridgehead atoms. The van der Waals surface area contributed by atoms with Crippen molar-refractivity contribution in [2.75, 3.05) is 13.1 Å². The lowest BCUT2D eigenvalue weighted by Crippen LogP contribution is -2.44. The van der Waals surface area contributed by atoms with Crippen molar-refractivity contribution in [3.8, 4) is 0 Å². The van der Waals surface area contributed by atoms with E-state index < -0.39 is 0 Å². The van der Waals surface area contributed by atoms with Gasteiger partial charge in [0.15, 0.2) is 0 Å². The van der Waals surface area contributed by atoms with E-state index in [0.29, 0.717) is 6.54 Å². The molecule has 1 N–H and O–H groups in total. The highest BCUT2D eigenvalue weighted by Crippen LogP contribution is 2.14. The zero-order valence-corrected chi connectivity index (χ0v) is 9.60. The molecule has 0 aromatic carbocycles. The number of hydrogen-bond acceptors (Lipinski definition) is 1. The first kappa shape index (κ1) is 10.6. The van der Waals surface area contributed by atoms with Gasteiger partial charge in [-0.05, 0) is 20.3 Å². The molecule has 0 atom stereocenters. The van der Waals surface area contributed by atoms with Crippen LogP contribution in [-0.4, -0.2) is 30.1 Å². The van der Waals surface area contributed by atoms with Crippen molar-refractivity contribution in [1.29, 1.82) is 0 Å². The van der Waals surface area contributed by atoms with Crippen LogP contribution >= 0.6 is 15.9 Å². The second-order valence-electron chi connectivity index (χ2n) is 3.47. The molecule has 0 fully saturated rings. The quantitative estimate of drug-likeness (QED) is 0.756. The number of urea groups is 1. The van der Waals surface area contributed by atoms with Gasteiger partial charge >= 0.3 is 6.03 Å². The van der Waals surface area contributed by atoms with Crippen LogP contribution in [0.3, 0.4) is 0 Å². The van der Waals surface area contributed by atoms with E-state index in [1.807, 2.05) is 18.7 Å². The van der Waals surface area contributed by atoms with Crippen molar-refractivity contribution in [2.45, 2.75) is 26.3 Å². The van der Waals surface area contributed by atoms with Crippen molar-refractivity contribution in [3.63, 3.8) is 0 Å². The minimum atomic E-state index is 0.0278. The van der Waals surface area contributed by atoms with Gasteiger partial charge in [0.25, 0.3) is 0 Å². The van der Waals surface area contributed by atoms with Crippen LogP contribution in [0.15, 0.2) is 10.6 Å². The molecule has 1 aliphatic rings. The van der Waals surface area contributed by atoms with Gasteiger partial charge in [-0.1, -0.05) is 22.0 Å². The zero-order chi connectivity index (χ0) is 9.84. The Kier molecular flexibility index (Phi) is 3.78. The van der Waals surface area contributed by atoms with E-state index in [-0.39, 0.29) is 12.1 Å². The number of hydrogen-bond donors (Lipinski definition) is 1. The lowest BCUT2D eigenvalue weighted by Gasteiger charge is -2.26. The molecule has 1 heterocycles. The summed E-state index contributed by atoms with van der Waals surface area (Å²) < 4.78 is 1.10. The topological polar surface area (TPSA) is 32.3 Å². The number of halogens is 1. The Morgan fingerprint density at radius 2 is 2.38 bits per heavy atom. The largest absolute Gasteiger partial charge is 0.336 e. The number of rotatable bonds is 1. The third-order valence-electron chi connectivity index (χ3n) is 1.81. The van der Waals surface area contributed by atoms with Crippen molar-refractivity contribution >= 4 is 22.0 Å². The molecule has 0 saturated heterocycles. The summed E-state index contributed by atoms with van der Waals surface area (Å²) >= 11 is 3.40.